The van der Waals surface area contributed by atoms with Gasteiger partial charge in [-0.1, -0.05) is 55.8 Å². The van der Waals surface area contributed by atoms with Crippen molar-refractivity contribution in [1.82, 2.24) is 5.32 Å². The average molecular weight is 638 g/mol. The quantitative estimate of drug-likeness (QED) is 0.0698. The van der Waals surface area contributed by atoms with Crippen LogP contribution in [-0.4, -0.2) is 36.2 Å². The van der Waals surface area contributed by atoms with E-state index in [0.29, 0.717) is 41.5 Å². The molecular weight excluding hydrogens is 598 g/mol. The molecule has 1 unspecified atom stereocenters. The van der Waals surface area contributed by atoms with Gasteiger partial charge in [-0.05, 0) is 87.0 Å². The van der Waals surface area contributed by atoms with Gasteiger partial charge in [0, 0.05) is 27.4 Å². The Morgan fingerprint density at radius 3 is 2.28 bits per heavy atom. The van der Waals surface area contributed by atoms with Crippen molar-refractivity contribution in [2.45, 2.75) is 43.8 Å². The van der Waals surface area contributed by atoms with Crippen molar-refractivity contribution >= 4 is 46.9 Å². The molecular formula is C37H39N3O5S. The van der Waals surface area contributed by atoms with Crippen LogP contribution in [0.2, 0.25) is 0 Å². The molecule has 0 fully saturated rings. The highest BCUT2D eigenvalue weighted by Gasteiger charge is 2.18. The van der Waals surface area contributed by atoms with E-state index < -0.39 is 17.1 Å². The number of benzene rings is 4. The van der Waals surface area contributed by atoms with E-state index in [-0.39, 0.29) is 11.6 Å². The zero-order chi connectivity index (χ0) is 32.7. The number of carbonyl (C=O) groups is 3. The van der Waals surface area contributed by atoms with Gasteiger partial charge in [-0.15, -0.1) is 11.8 Å². The number of carbonyl (C=O) groups excluding carboxylic acids is 3. The summed E-state index contributed by atoms with van der Waals surface area (Å²) in [5, 5.41) is 8.18. The van der Waals surface area contributed by atoms with Crippen molar-refractivity contribution in [1.29, 1.82) is 0 Å². The molecule has 0 aromatic heterocycles. The monoisotopic (exact) mass is 637 g/mol. The van der Waals surface area contributed by atoms with Gasteiger partial charge in [0.05, 0.1) is 18.5 Å². The van der Waals surface area contributed by atoms with Gasteiger partial charge >= 0.3 is 0 Å². The lowest BCUT2D eigenvalue weighted by atomic mass is 10.1. The summed E-state index contributed by atoms with van der Waals surface area (Å²) in [6.07, 6.45) is 3.65. The first-order valence-corrected chi connectivity index (χ1v) is 16.2. The number of anilines is 2. The molecule has 8 nitrogen and oxygen atoms in total. The van der Waals surface area contributed by atoms with Gasteiger partial charge < -0.3 is 25.4 Å². The van der Waals surface area contributed by atoms with Gasteiger partial charge in [-0.2, -0.15) is 0 Å². The van der Waals surface area contributed by atoms with E-state index in [0.717, 1.165) is 23.5 Å². The van der Waals surface area contributed by atoms with Crippen LogP contribution < -0.4 is 25.4 Å². The summed E-state index contributed by atoms with van der Waals surface area (Å²) in [6.45, 7) is 6.93. The molecule has 4 rings (SSSR count). The molecule has 0 aliphatic carbocycles. The van der Waals surface area contributed by atoms with Gasteiger partial charge in [0.15, 0.2) is 0 Å². The van der Waals surface area contributed by atoms with E-state index >= 15 is 0 Å². The van der Waals surface area contributed by atoms with Gasteiger partial charge in [-0.3, -0.25) is 14.4 Å². The molecule has 3 N–H and O–H groups in total. The standard InChI is InChI=1S/C37H39N3O5S/c1-4-6-23-45-31-21-19-29(20-22-31)38-35(41)26(3)46-32-17-12-16-30(25-32)39-37(43)33(40-36(42)27-13-8-7-9-14-27)24-28-15-10-11-18-34(28)44-5-2/h7-22,24-26H,4-6,23H2,1-3H3,(H,38,41)(H,39,43)(H,40,42)/b33-24+. The predicted molar refractivity (Wildman–Crippen MR) is 185 cm³/mol. The van der Waals surface area contributed by atoms with Crippen LogP contribution in [0.5, 0.6) is 11.5 Å². The molecule has 0 saturated heterocycles. The molecule has 4 aromatic carbocycles. The van der Waals surface area contributed by atoms with Crippen LogP contribution >= 0.6 is 11.8 Å². The second-order valence-corrected chi connectivity index (χ2v) is 11.7. The predicted octanol–water partition coefficient (Wildman–Crippen LogP) is 7.79. The van der Waals surface area contributed by atoms with Crippen molar-refractivity contribution in [3.8, 4) is 11.5 Å². The lowest BCUT2D eigenvalue weighted by Gasteiger charge is -2.15. The Hall–Kier alpha value is -5.02. The number of nitrogens with one attached hydrogen (secondary N) is 3. The maximum Gasteiger partial charge on any atom is 0.272 e. The molecule has 0 heterocycles. The molecule has 9 heteroatoms. The third-order valence-electron chi connectivity index (χ3n) is 6.71. The highest BCUT2D eigenvalue weighted by Crippen LogP contribution is 2.28. The number of ether oxygens (including phenoxy) is 2. The summed E-state index contributed by atoms with van der Waals surface area (Å²) in [5.41, 5.74) is 2.31. The number of amides is 3. The van der Waals surface area contributed by atoms with E-state index in [1.54, 1.807) is 54.6 Å². The first-order chi connectivity index (χ1) is 22.4. The van der Waals surface area contributed by atoms with E-state index in [1.807, 2.05) is 68.4 Å². The highest BCUT2D eigenvalue weighted by atomic mass is 32.2. The summed E-state index contributed by atoms with van der Waals surface area (Å²) in [6, 6.07) is 30.5. The fourth-order valence-corrected chi connectivity index (χ4v) is 5.23. The van der Waals surface area contributed by atoms with Crippen LogP contribution in [0.25, 0.3) is 6.08 Å². The maximum atomic E-state index is 13.6. The zero-order valence-corrected chi connectivity index (χ0v) is 27.1. The number of thioether (sulfide) groups is 1. The second kappa shape index (κ2) is 17.5. The summed E-state index contributed by atoms with van der Waals surface area (Å²) in [4.78, 5) is 40.4. The molecule has 0 aliphatic heterocycles. The van der Waals surface area contributed by atoms with E-state index in [4.69, 9.17) is 9.47 Å². The van der Waals surface area contributed by atoms with Crippen molar-refractivity contribution < 1.29 is 23.9 Å². The minimum Gasteiger partial charge on any atom is -0.494 e. The molecule has 1 atom stereocenters. The van der Waals surface area contributed by atoms with Crippen LogP contribution in [0.1, 0.15) is 49.5 Å². The Kier molecular flexibility index (Phi) is 12.9. The van der Waals surface area contributed by atoms with Crippen molar-refractivity contribution in [3.05, 3.63) is 120 Å². The Balaban J connectivity index is 1.44. The SMILES string of the molecule is CCCCOc1ccc(NC(=O)C(C)Sc2cccc(NC(=O)/C(=C\c3ccccc3OCC)NC(=O)c3ccccc3)c2)cc1. The van der Waals surface area contributed by atoms with Gasteiger partial charge in [0.25, 0.3) is 11.8 Å². The Morgan fingerprint density at radius 1 is 0.804 bits per heavy atom. The average Bonchev–Trinajstić information content (AvgIpc) is 3.06. The highest BCUT2D eigenvalue weighted by molar-refractivity contribution is 8.00. The molecule has 4 aromatic rings. The van der Waals surface area contributed by atoms with Crippen LogP contribution in [0, 0.1) is 0 Å². The fourth-order valence-electron chi connectivity index (χ4n) is 4.30. The lowest BCUT2D eigenvalue weighted by molar-refractivity contribution is -0.115. The molecule has 3 amide bonds. The lowest BCUT2D eigenvalue weighted by Crippen LogP contribution is -2.30. The van der Waals surface area contributed by atoms with Gasteiger partial charge in [0.2, 0.25) is 5.91 Å². The molecule has 0 bridgehead atoms. The summed E-state index contributed by atoms with van der Waals surface area (Å²) in [5.74, 6) is 0.278. The normalized spacial score (nSPS) is 11.7. The summed E-state index contributed by atoms with van der Waals surface area (Å²) >= 11 is 1.37. The number of hydrogen-bond donors (Lipinski definition) is 3. The minimum absolute atomic E-state index is 0.0496. The molecule has 0 saturated carbocycles. The van der Waals surface area contributed by atoms with E-state index in [1.165, 1.54) is 11.8 Å². The first-order valence-electron chi connectivity index (χ1n) is 15.3. The molecule has 0 radical (unpaired) electrons. The number of para-hydroxylation sites is 1. The smallest absolute Gasteiger partial charge is 0.272 e. The van der Waals surface area contributed by atoms with E-state index in [2.05, 4.69) is 22.9 Å². The van der Waals surface area contributed by atoms with Crippen molar-refractivity contribution in [2.24, 2.45) is 0 Å². The molecule has 238 valence electrons. The fraction of sp³-hybridized carbons (Fsp3) is 0.216. The summed E-state index contributed by atoms with van der Waals surface area (Å²) < 4.78 is 11.4. The van der Waals surface area contributed by atoms with Crippen molar-refractivity contribution in [3.63, 3.8) is 0 Å². The number of unbranched alkanes of at least 4 members (excludes halogenated alkanes) is 1. The Labute approximate surface area is 274 Å². The van der Waals surface area contributed by atoms with Gasteiger partial charge in [0.1, 0.15) is 17.2 Å². The minimum atomic E-state index is -0.509. The second-order valence-electron chi connectivity index (χ2n) is 10.3. The van der Waals surface area contributed by atoms with Crippen molar-refractivity contribution in [2.75, 3.05) is 23.8 Å². The zero-order valence-electron chi connectivity index (χ0n) is 26.2. The number of hydrogen-bond acceptors (Lipinski definition) is 6. The Morgan fingerprint density at radius 2 is 1.54 bits per heavy atom. The molecule has 0 aliphatic rings. The third kappa shape index (κ3) is 10.3. The van der Waals surface area contributed by atoms with Crippen LogP contribution in [0.3, 0.4) is 0 Å². The summed E-state index contributed by atoms with van der Waals surface area (Å²) in [7, 11) is 0. The topological polar surface area (TPSA) is 106 Å². The van der Waals surface area contributed by atoms with Gasteiger partial charge in [-0.25, -0.2) is 0 Å². The third-order valence-corrected chi connectivity index (χ3v) is 7.80. The van der Waals surface area contributed by atoms with E-state index in [9.17, 15) is 14.4 Å². The maximum absolute atomic E-state index is 13.6. The largest absolute Gasteiger partial charge is 0.494 e. The van der Waals surface area contributed by atoms with Crippen LogP contribution in [0.4, 0.5) is 11.4 Å². The Bertz CT molecular complexity index is 1640. The number of rotatable bonds is 15. The van der Waals surface area contributed by atoms with Crippen LogP contribution in [-0.2, 0) is 9.59 Å². The first kappa shape index (κ1) is 33.9. The molecule has 46 heavy (non-hydrogen) atoms. The van der Waals surface area contributed by atoms with Crippen LogP contribution in [0.15, 0.2) is 114 Å². The molecule has 0 spiro atoms.